The Hall–Kier alpha value is -3.53. The van der Waals surface area contributed by atoms with Gasteiger partial charge in [-0.15, -0.1) is 0 Å². The number of hydrogen-bond donors (Lipinski definition) is 1. The molecule has 0 saturated carbocycles. The van der Waals surface area contributed by atoms with Crippen LogP contribution in [0.1, 0.15) is 37.9 Å². The van der Waals surface area contributed by atoms with Crippen molar-refractivity contribution in [1.29, 1.82) is 0 Å². The van der Waals surface area contributed by atoms with E-state index >= 15 is 0 Å². The SMILES string of the molecule is C=CC(=O)N1CCN(Cc2ccc([C@H](C)Nc3ncc(F)c(N4C(=O)OCC4C(C)C)n3)cc2)CC1. The standard InChI is InChI=1S/C26H33FN6O3/c1-5-23(34)32-12-10-31(11-13-32)15-19-6-8-20(9-7-19)18(4)29-25-28-14-21(27)24(30-25)33-22(17(2)3)16-36-26(33)35/h5-9,14,17-18,22H,1,10-13,15-16H2,2-4H3,(H,28,29,30)/t18-,22?/m0/s1. The number of ether oxygens (including phenoxy) is 1. The summed E-state index contributed by atoms with van der Waals surface area (Å²) in [6.07, 6.45) is 1.84. The van der Waals surface area contributed by atoms with Gasteiger partial charge in [0.1, 0.15) is 6.61 Å². The molecular formula is C26H33FN6O3. The van der Waals surface area contributed by atoms with Crippen LogP contribution in [-0.4, -0.2) is 70.6 Å². The Morgan fingerprint density at radius 1 is 1.22 bits per heavy atom. The van der Waals surface area contributed by atoms with Crippen molar-refractivity contribution in [2.45, 2.75) is 39.4 Å². The first-order valence-electron chi connectivity index (χ1n) is 12.2. The number of anilines is 2. The van der Waals surface area contributed by atoms with Crippen LogP contribution in [0.15, 0.2) is 43.1 Å². The summed E-state index contributed by atoms with van der Waals surface area (Å²) in [5.74, 6) is -0.448. The van der Waals surface area contributed by atoms with Crippen LogP contribution in [0.5, 0.6) is 0 Å². The molecule has 3 heterocycles. The van der Waals surface area contributed by atoms with Crippen molar-refractivity contribution in [2.24, 2.45) is 5.92 Å². The maximum absolute atomic E-state index is 14.6. The van der Waals surface area contributed by atoms with Crippen molar-refractivity contribution >= 4 is 23.8 Å². The van der Waals surface area contributed by atoms with Crippen molar-refractivity contribution in [3.8, 4) is 0 Å². The highest BCUT2D eigenvalue weighted by molar-refractivity contribution is 5.89. The highest BCUT2D eigenvalue weighted by Crippen LogP contribution is 2.29. The predicted molar refractivity (Wildman–Crippen MR) is 135 cm³/mol. The zero-order chi connectivity index (χ0) is 25.8. The topological polar surface area (TPSA) is 90.9 Å². The van der Waals surface area contributed by atoms with Crippen molar-refractivity contribution in [3.05, 3.63) is 60.1 Å². The maximum Gasteiger partial charge on any atom is 0.416 e. The molecule has 10 heteroatoms. The summed E-state index contributed by atoms with van der Waals surface area (Å²) < 4.78 is 19.7. The van der Waals surface area contributed by atoms with E-state index in [4.69, 9.17) is 4.74 Å². The Morgan fingerprint density at radius 2 is 1.92 bits per heavy atom. The first-order valence-corrected chi connectivity index (χ1v) is 12.2. The molecule has 192 valence electrons. The van der Waals surface area contributed by atoms with Gasteiger partial charge in [-0.3, -0.25) is 14.6 Å². The third kappa shape index (κ3) is 5.64. The van der Waals surface area contributed by atoms with E-state index in [1.807, 2.05) is 37.8 Å². The zero-order valence-electron chi connectivity index (χ0n) is 21.0. The lowest BCUT2D eigenvalue weighted by atomic mass is 10.0. The summed E-state index contributed by atoms with van der Waals surface area (Å²) in [4.78, 5) is 37.8. The van der Waals surface area contributed by atoms with Crippen LogP contribution >= 0.6 is 0 Å². The number of piperazine rings is 1. The van der Waals surface area contributed by atoms with Crippen LogP contribution in [-0.2, 0) is 16.1 Å². The third-order valence-corrected chi connectivity index (χ3v) is 6.72. The number of aromatic nitrogens is 2. The molecular weight excluding hydrogens is 463 g/mol. The largest absolute Gasteiger partial charge is 0.447 e. The molecule has 1 aromatic heterocycles. The number of rotatable bonds is 8. The molecule has 2 aromatic rings. The second-order valence-electron chi connectivity index (χ2n) is 9.54. The fourth-order valence-corrected chi connectivity index (χ4v) is 4.47. The van der Waals surface area contributed by atoms with Crippen LogP contribution in [0.4, 0.5) is 21.0 Å². The molecule has 1 N–H and O–H groups in total. The van der Waals surface area contributed by atoms with Gasteiger partial charge in [0.2, 0.25) is 11.9 Å². The van der Waals surface area contributed by atoms with E-state index < -0.39 is 11.9 Å². The summed E-state index contributed by atoms with van der Waals surface area (Å²) in [6.45, 7) is 13.5. The van der Waals surface area contributed by atoms with Crippen LogP contribution in [0.3, 0.4) is 0 Å². The van der Waals surface area contributed by atoms with E-state index in [9.17, 15) is 14.0 Å². The Balaban J connectivity index is 1.38. The maximum atomic E-state index is 14.6. The number of carbonyl (C=O) groups excluding carboxylic acids is 2. The molecule has 0 bridgehead atoms. The van der Waals surface area contributed by atoms with E-state index in [-0.39, 0.29) is 42.3 Å². The highest BCUT2D eigenvalue weighted by Gasteiger charge is 2.38. The van der Waals surface area contributed by atoms with E-state index in [1.165, 1.54) is 16.5 Å². The smallest absolute Gasteiger partial charge is 0.416 e. The molecule has 0 radical (unpaired) electrons. The van der Waals surface area contributed by atoms with Crippen molar-refractivity contribution < 1.29 is 18.7 Å². The Kier molecular flexibility index (Phi) is 7.83. The Bertz CT molecular complexity index is 1100. The second kappa shape index (κ2) is 11.0. The van der Waals surface area contributed by atoms with Gasteiger partial charge < -0.3 is 15.0 Å². The molecule has 36 heavy (non-hydrogen) atoms. The van der Waals surface area contributed by atoms with Gasteiger partial charge in [-0.1, -0.05) is 44.7 Å². The van der Waals surface area contributed by atoms with Gasteiger partial charge in [0.15, 0.2) is 11.6 Å². The van der Waals surface area contributed by atoms with Gasteiger partial charge in [-0.2, -0.15) is 4.98 Å². The van der Waals surface area contributed by atoms with Crippen LogP contribution in [0.2, 0.25) is 0 Å². The summed E-state index contributed by atoms with van der Waals surface area (Å²) in [7, 11) is 0. The molecule has 0 spiro atoms. The molecule has 9 nitrogen and oxygen atoms in total. The van der Waals surface area contributed by atoms with Crippen LogP contribution in [0, 0.1) is 11.7 Å². The number of carbonyl (C=O) groups is 2. The number of amides is 2. The van der Waals surface area contributed by atoms with E-state index in [0.29, 0.717) is 13.1 Å². The Morgan fingerprint density at radius 3 is 2.56 bits per heavy atom. The lowest BCUT2D eigenvalue weighted by Gasteiger charge is -2.34. The zero-order valence-corrected chi connectivity index (χ0v) is 21.0. The van der Waals surface area contributed by atoms with E-state index in [1.54, 1.807) is 0 Å². The van der Waals surface area contributed by atoms with Crippen molar-refractivity contribution in [1.82, 2.24) is 19.8 Å². The van der Waals surface area contributed by atoms with Gasteiger partial charge in [-0.05, 0) is 30.0 Å². The lowest BCUT2D eigenvalue weighted by Crippen LogP contribution is -2.47. The molecule has 2 saturated heterocycles. The van der Waals surface area contributed by atoms with Gasteiger partial charge in [0.25, 0.3) is 0 Å². The minimum atomic E-state index is -0.670. The predicted octanol–water partition coefficient (Wildman–Crippen LogP) is 3.60. The summed E-state index contributed by atoms with van der Waals surface area (Å²) in [6, 6.07) is 7.82. The summed E-state index contributed by atoms with van der Waals surface area (Å²) in [5.41, 5.74) is 2.21. The molecule has 0 aliphatic carbocycles. The number of cyclic esters (lactones) is 1. The lowest BCUT2D eigenvalue weighted by molar-refractivity contribution is -0.127. The molecule has 1 aromatic carbocycles. The van der Waals surface area contributed by atoms with Crippen molar-refractivity contribution in [2.75, 3.05) is 43.0 Å². The van der Waals surface area contributed by atoms with Crippen LogP contribution < -0.4 is 10.2 Å². The average Bonchev–Trinajstić information content (AvgIpc) is 3.27. The number of hydrogen-bond acceptors (Lipinski definition) is 7. The summed E-state index contributed by atoms with van der Waals surface area (Å²) >= 11 is 0. The number of nitrogens with zero attached hydrogens (tertiary/aromatic N) is 5. The van der Waals surface area contributed by atoms with Gasteiger partial charge in [0.05, 0.1) is 18.3 Å². The van der Waals surface area contributed by atoms with E-state index in [0.717, 1.165) is 31.4 Å². The number of halogens is 1. The van der Waals surface area contributed by atoms with Gasteiger partial charge in [0, 0.05) is 32.7 Å². The number of nitrogens with one attached hydrogen (secondary N) is 1. The number of benzene rings is 1. The first kappa shape index (κ1) is 25.6. The molecule has 2 aliphatic rings. The normalized spacial score (nSPS) is 19.4. The minimum absolute atomic E-state index is 0.0159. The molecule has 2 aliphatic heterocycles. The van der Waals surface area contributed by atoms with Crippen LogP contribution in [0.25, 0.3) is 0 Å². The summed E-state index contributed by atoms with van der Waals surface area (Å²) in [5, 5.41) is 3.21. The molecule has 4 rings (SSSR count). The fourth-order valence-electron chi connectivity index (χ4n) is 4.47. The first-order chi connectivity index (χ1) is 17.3. The van der Waals surface area contributed by atoms with Crippen molar-refractivity contribution in [3.63, 3.8) is 0 Å². The molecule has 2 atom stereocenters. The second-order valence-corrected chi connectivity index (χ2v) is 9.54. The minimum Gasteiger partial charge on any atom is -0.447 e. The quantitative estimate of drug-likeness (QED) is 0.559. The monoisotopic (exact) mass is 496 g/mol. The molecule has 2 amide bonds. The van der Waals surface area contributed by atoms with Gasteiger partial charge in [-0.25, -0.2) is 14.2 Å². The highest BCUT2D eigenvalue weighted by atomic mass is 19.1. The Labute approximate surface area is 210 Å². The van der Waals surface area contributed by atoms with Gasteiger partial charge >= 0.3 is 6.09 Å². The average molecular weight is 497 g/mol. The fraction of sp³-hybridized carbons (Fsp3) is 0.462. The molecule has 1 unspecified atom stereocenters. The molecule has 2 fully saturated rings. The van der Waals surface area contributed by atoms with E-state index in [2.05, 4.69) is 38.9 Å². The third-order valence-electron chi connectivity index (χ3n) is 6.72.